The second kappa shape index (κ2) is 6.50. The molecule has 1 fully saturated rings. The third-order valence-corrected chi connectivity index (χ3v) is 7.11. The monoisotopic (exact) mass is 400 g/mol. The van der Waals surface area contributed by atoms with E-state index in [4.69, 9.17) is 15.0 Å². The van der Waals surface area contributed by atoms with Crippen molar-refractivity contribution in [1.29, 1.82) is 0 Å². The van der Waals surface area contributed by atoms with Crippen LogP contribution in [0.1, 0.15) is 82.4 Å². The van der Waals surface area contributed by atoms with Gasteiger partial charge in [0.1, 0.15) is 11.5 Å². The summed E-state index contributed by atoms with van der Waals surface area (Å²) in [5, 5.41) is 1.04. The van der Waals surface area contributed by atoms with E-state index in [2.05, 4.69) is 64.1 Å². The number of hydrogen-bond donors (Lipinski definition) is 0. The zero-order valence-corrected chi connectivity index (χ0v) is 19.1. The van der Waals surface area contributed by atoms with Gasteiger partial charge in [0.2, 0.25) is 0 Å². The van der Waals surface area contributed by atoms with Crippen LogP contribution in [0.2, 0.25) is 0 Å². The Hall–Kier alpha value is -2.49. The van der Waals surface area contributed by atoms with Crippen molar-refractivity contribution in [2.45, 2.75) is 84.5 Å². The molecule has 1 aromatic carbocycles. The summed E-state index contributed by atoms with van der Waals surface area (Å²) in [5.74, 6) is 1.00. The Morgan fingerprint density at radius 2 is 1.60 bits per heavy atom. The molecule has 156 valence electrons. The fourth-order valence-electron chi connectivity index (χ4n) is 5.03. The molecule has 0 saturated heterocycles. The molecule has 3 aromatic heterocycles. The molecule has 0 amide bonds. The second-order valence-electron chi connectivity index (χ2n) is 10.6. The predicted octanol–water partition coefficient (Wildman–Crippen LogP) is 6.57. The van der Waals surface area contributed by atoms with E-state index < -0.39 is 0 Å². The zero-order chi connectivity index (χ0) is 21.3. The standard InChI is InChI=1S/C26H32N4/c1-16-12-20-21(13-17(16)2)30-22(25(3,4)5)14-19-18(23(30)28-20)15-27-24(29-19)26(6)10-8-7-9-11-26/h12-15H,7-11H2,1-6H3. The van der Waals surface area contributed by atoms with Gasteiger partial charge in [0.25, 0.3) is 0 Å². The highest BCUT2D eigenvalue weighted by atomic mass is 15.0. The Morgan fingerprint density at radius 1 is 0.900 bits per heavy atom. The average molecular weight is 401 g/mol. The van der Waals surface area contributed by atoms with Crippen molar-refractivity contribution >= 4 is 27.6 Å². The number of nitrogens with zero attached hydrogens (tertiary/aromatic N) is 4. The van der Waals surface area contributed by atoms with Crippen LogP contribution in [0.3, 0.4) is 0 Å². The fraction of sp³-hybridized carbons (Fsp3) is 0.500. The molecule has 0 bridgehead atoms. The van der Waals surface area contributed by atoms with Crippen LogP contribution in [0.5, 0.6) is 0 Å². The molecule has 3 heterocycles. The largest absolute Gasteiger partial charge is 0.295 e. The number of fused-ring (bicyclic) bond motifs is 5. The lowest BCUT2D eigenvalue weighted by atomic mass is 9.75. The predicted molar refractivity (Wildman–Crippen MR) is 124 cm³/mol. The van der Waals surface area contributed by atoms with Gasteiger partial charge in [-0.1, -0.05) is 47.0 Å². The van der Waals surface area contributed by atoms with E-state index in [1.54, 1.807) is 0 Å². The molecule has 5 rings (SSSR count). The van der Waals surface area contributed by atoms with Gasteiger partial charge >= 0.3 is 0 Å². The molecule has 0 atom stereocenters. The maximum absolute atomic E-state index is 5.14. The quantitative estimate of drug-likeness (QED) is 0.363. The number of aryl methyl sites for hydroxylation is 2. The summed E-state index contributed by atoms with van der Waals surface area (Å²) in [6.07, 6.45) is 8.25. The van der Waals surface area contributed by atoms with E-state index in [0.717, 1.165) is 27.9 Å². The van der Waals surface area contributed by atoms with E-state index >= 15 is 0 Å². The molecule has 0 aliphatic heterocycles. The number of imidazole rings is 1. The van der Waals surface area contributed by atoms with Crippen molar-refractivity contribution in [3.05, 3.63) is 47.0 Å². The zero-order valence-electron chi connectivity index (χ0n) is 19.1. The normalized spacial score (nSPS) is 17.3. The van der Waals surface area contributed by atoms with Crippen molar-refractivity contribution in [3.8, 4) is 0 Å². The highest BCUT2D eigenvalue weighted by molar-refractivity contribution is 5.97. The lowest BCUT2D eigenvalue weighted by Crippen LogP contribution is -2.27. The Balaban J connectivity index is 1.85. The molecule has 4 heteroatoms. The number of rotatable bonds is 1. The maximum Gasteiger partial charge on any atom is 0.149 e. The third kappa shape index (κ3) is 2.91. The SMILES string of the molecule is Cc1cc2nc3c4cnc(C5(C)CCCCC5)nc4cc(C(C)(C)C)n3c2cc1C. The molecule has 0 spiro atoms. The van der Waals surface area contributed by atoms with E-state index in [0.29, 0.717) is 0 Å². The highest BCUT2D eigenvalue weighted by Crippen LogP contribution is 2.38. The van der Waals surface area contributed by atoms with E-state index in [1.807, 2.05) is 6.20 Å². The average Bonchev–Trinajstić information content (AvgIpc) is 3.05. The van der Waals surface area contributed by atoms with Gasteiger partial charge in [0.05, 0.1) is 21.9 Å². The van der Waals surface area contributed by atoms with Gasteiger partial charge < -0.3 is 0 Å². The van der Waals surface area contributed by atoms with Crippen LogP contribution in [-0.4, -0.2) is 19.4 Å². The van der Waals surface area contributed by atoms with Gasteiger partial charge in [0, 0.05) is 22.7 Å². The van der Waals surface area contributed by atoms with Crippen LogP contribution < -0.4 is 0 Å². The van der Waals surface area contributed by atoms with E-state index in [1.165, 1.54) is 54.4 Å². The van der Waals surface area contributed by atoms with Gasteiger partial charge in [0.15, 0.2) is 0 Å². The molecule has 1 aliphatic carbocycles. The number of benzene rings is 1. The minimum atomic E-state index is -0.0291. The Labute approximate surface area is 178 Å². The Bertz CT molecular complexity index is 1280. The van der Waals surface area contributed by atoms with Crippen LogP contribution in [0.15, 0.2) is 24.4 Å². The summed E-state index contributed by atoms with van der Waals surface area (Å²) < 4.78 is 2.33. The molecule has 0 N–H and O–H groups in total. The highest BCUT2D eigenvalue weighted by Gasteiger charge is 2.32. The van der Waals surface area contributed by atoms with Crippen LogP contribution >= 0.6 is 0 Å². The van der Waals surface area contributed by atoms with Gasteiger partial charge in [-0.05, 0) is 56.0 Å². The van der Waals surface area contributed by atoms with Crippen LogP contribution in [0.25, 0.3) is 27.6 Å². The minimum absolute atomic E-state index is 0.0291. The number of pyridine rings is 1. The molecule has 30 heavy (non-hydrogen) atoms. The summed E-state index contributed by atoms with van der Waals surface area (Å²) in [5.41, 5.74) is 8.08. The van der Waals surface area contributed by atoms with Crippen molar-refractivity contribution in [2.24, 2.45) is 0 Å². The van der Waals surface area contributed by atoms with Crippen molar-refractivity contribution in [3.63, 3.8) is 0 Å². The number of aromatic nitrogens is 4. The lowest BCUT2D eigenvalue weighted by Gasteiger charge is -2.32. The maximum atomic E-state index is 5.14. The second-order valence-corrected chi connectivity index (χ2v) is 10.6. The third-order valence-electron chi connectivity index (χ3n) is 7.11. The first-order chi connectivity index (χ1) is 14.2. The van der Waals surface area contributed by atoms with Crippen LogP contribution in [-0.2, 0) is 10.8 Å². The van der Waals surface area contributed by atoms with Crippen molar-refractivity contribution < 1.29 is 0 Å². The Kier molecular flexibility index (Phi) is 4.22. The summed E-state index contributed by atoms with van der Waals surface area (Å²) in [6.45, 7) is 13.5. The molecule has 4 nitrogen and oxygen atoms in total. The first kappa shape index (κ1) is 19.5. The fourth-order valence-corrected chi connectivity index (χ4v) is 5.03. The topological polar surface area (TPSA) is 43.1 Å². The molecular formula is C26H32N4. The lowest BCUT2D eigenvalue weighted by molar-refractivity contribution is 0.305. The van der Waals surface area contributed by atoms with E-state index in [9.17, 15) is 0 Å². The van der Waals surface area contributed by atoms with Crippen LogP contribution in [0, 0.1) is 13.8 Å². The van der Waals surface area contributed by atoms with Gasteiger partial charge in [-0.3, -0.25) is 4.40 Å². The first-order valence-corrected chi connectivity index (χ1v) is 11.3. The smallest absolute Gasteiger partial charge is 0.149 e. The summed E-state index contributed by atoms with van der Waals surface area (Å²) in [4.78, 5) is 15.1. The molecule has 1 aliphatic rings. The van der Waals surface area contributed by atoms with Gasteiger partial charge in [-0.2, -0.15) is 0 Å². The summed E-state index contributed by atoms with van der Waals surface area (Å²) in [7, 11) is 0. The Morgan fingerprint density at radius 3 is 2.30 bits per heavy atom. The van der Waals surface area contributed by atoms with Crippen LogP contribution in [0.4, 0.5) is 0 Å². The summed E-state index contributed by atoms with van der Waals surface area (Å²) >= 11 is 0. The minimum Gasteiger partial charge on any atom is -0.295 e. The van der Waals surface area contributed by atoms with Gasteiger partial charge in [-0.15, -0.1) is 0 Å². The first-order valence-electron chi connectivity index (χ1n) is 11.3. The molecule has 0 unspecified atom stereocenters. The van der Waals surface area contributed by atoms with Crippen molar-refractivity contribution in [1.82, 2.24) is 19.4 Å². The van der Waals surface area contributed by atoms with Crippen molar-refractivity contribution in [2.75, 3.05) is 0 Å². The van der Waals surface area contributed by atoms with Gasteiger partial charge in [-0.25, -0.2) is 15.0 Å². The summed E-state index contributed by atoms with van der Waals surface area (Å²) in [6, 6.07) is 6.74. The number of hydrogen-bond acceptors (Lipinski definition) is 3. The molecule has 4 aromatic rings. The van der Waals surface area contributed by atoms with E-state index in [-0.39, 0.29) is 10.8 Å². The molecule has 1 saturated carbocycles. The molecule has 0 radical (unpaired) electrons. The molecular weight excluding hydrogens is 368 g/mol.